The van der Waals surface area contributed by atoms with E-state index >= 15 is 0 Å². The Kier molecular flexibility index (Phi) is 4.62. The van der Waals surface area contributed by atoms with Crippen LogP contribution in [0.5, 0.6) is 0 Å². The number of nitrogens with zero attached hydrogens (tertiary/aromatic N) is 1. The Hall–Kier alpha value is -0.0800. The first-order chi connectivity index (χ1) is 5.86. The summed E-state index contributed by atoms with van der Waals surface area (Å²) in [6.45, 7) is 8.93. The van der Waals surface area contributed by atoms with Crippen molar-refractivity contribution >= 4 is 0 Å². The SMILES string of the molecule is CCCC1CN(CCC)CCO1. The monoisotopic (exact) mass is 171 g/mol. The maximum atomic E-state index is 5.65. The van der Waals surface area contributed by atoms with E-state index in [1.54, 1.807) is 0 Å². The van der Waals surface area contributed by atoms with Crippen LogP contribution in [0, 0.1) is 0 Å². The van der Waals surface area contributed by atoms with E-state index in [0.717, 1.165) is 19.7 Å². The van der Waals surface area contributed by atoms with Crippen LogP contribution in [-0.2, 0) is 4.74 Å². The second-order valence-corrected chi connectivity index (χ2v) is 3.58. The number of ether oxygens (including phenoxy) is 1. The molecule has 1 rings (SSSR count). The Labute approximate surface area is 75.9 Å². The Balaban J connectivity index is 2.20. The lowest BCUT2D eigenvalue weighted by Gasteiger charge is -2.32. The van der Waals surface area contributed by atoms with Gasteiger partial charge in [0, 0.05) is 13.1 Å². The summed E-state index contributed by atoms with van der Waals surface area (Å²) in [6, 6.07) is 0. The molecule has 1 heterocycles. The minimum atomic E-state index is 0.510. The fourth-order valence-corrected chi connectivity index (χ4v) is 1.80. The van der Waals surface area contributed by atoms with Crippen LogP contribution in [0.1, 0.15) is 33.1 Å². The molecule has 2 nitrogen and oxygen atoms in total. The van der Waals surface area contributed by atoms with Crippen molar-refractivity contribution in [1.29, 1.82) is 0 Å². The van der Waals surface area contributed by atoms with Crippen molar-refractivity contribution in [2.75, 3.05) is 26.2 Å². The molecule has 72 valence electrons. The molecule has 0 spiro atoms. The first kappa shape index (κ1) is 10.0. The van der Waals surface area contributed by atoms with E-state index in [0.29, 0.717) is 6.10 Å². The molecule has 0 bridgehead atoms. The normalized spacial score (nSPS) is 26.0. The van der Waals surface area contributed by atoms with Gasteiger partial charge in [-0.1, -0.05) is 20.3 Å². The highest BCUT2D eigenvalue weighted by atomic mass is 16.5. The van der Waals surface area contributed by atoms with Crippen LogP contribution in [-0.4, -0.2) is 37.2 Å². The molecule has 0 amide bonds. The topological polar surface area (TPSA) is 12.5 Å². The average Bonchev–Trinajstić information content (AvgIpc) is 2.06. The molecule has 1 saturated heterocycles. The van der Waals surface area contributed by atoms with Gasteiger partial charge in [-0.25, -0.2) is 0 Å². The second-order valence-electron chi connectivity index (χ2n) is 3.58. The van der Waals surface area contributed by atoms with Gasteiger partial charge in [0.2, 0.25) is 0 Å². The van der Waals surface area contributed by atoms with Crippen molar-refractivity contribution < 1.29 is 4.74 Å². The first-order valence-corrected chi connectivity index (χ1v) is 5.20. The molecule has 12 heavy (non-hydrogen) atoms. The summed E-state index contributed by atoms with van der Waals surface area (Å²) in [4.78, 5) is 2.52. The molecule has 0 N–H and O–H groups in total. The van der Waals surface area contributed by atoms with Gasteiger partial charge in [0.1, 0.15) is 0 Å². The van der Waals surface area contributed by atoms with Gasteiger partial charge in [0.25, 0.3) is 0 Å². The lowest BCUT2D eigenvalue weighted by atomic mass is 10.1. The Morgan fingerprint density at radius 2 is 2.17 bits per heavy atom. The minimum absolute atomic E-state index is 0.510. The van der Waals surface area contributed by atoms with Crippen LogP contribution in [0.2, 0.25) is 0 Å². The minimum Gasteiger partial charge on any atom is -0.376 e. The molecule has 1 fully saturated rings. The van der Waals surface area contributed by atoms with Crippen molar-refractivity contribution in [3.63, 3.8) is 0 Å². The third kappa shape index (κ3) is 3.11. The van der Waals surface area contributed by atoms with E-state index < -0.39 is 0 Å². The van der Waals surface area contributed by atoms with Crippen molar-refractivity contribution in [2.45, 2.75) is 39.2 Å². The summed E-state index contributed by atoms with van der Waals surface area (Å²) in [5.74, 6) is 0. The average molecular weight is 171 g/mol. The summed E-state index contributed by atoms with van der Waals surface area (Å²) >= 11 is 0. The van der Waals surface area contributed by atoms with Crippen LogP contribution in [0.15, 0.2) is 0 Å². The molecule has 1 aliphatic heterocycles. The molecule has 1 aliphatic rings. The van der Waals surface area contributed by atoms with Crippen LogP contribution in [0.3, 0.4) is 0 Å². The van der Waals surface area contributed by atoms with E-state index in [4.69, 9.17) is 4.74 Å². The lowest BCUT2D eigenvalue weighted by Crippen LogP contribution is -2.42. The van der Waals surface area contributed by atoms with E-state index in [9.17, 15) is 0 Å². The third-order valence-electron chi connectivity index (χ3n) is 2.37. The number of morpholine rings is 1. The van der Waals surface area contributed by atoms with Gasteiger partial charge in [0.05, 0.1) is 12.7 Å². The van der Waals surface area contributed by atoms with Crippen molar-refractivity contribution in [3.8, 4) is 0 Å². The summed E-state index contributed by atoms with van der Waals surface area (Å²) < 4.78 is 5.65. The predicted octanol–water partition coefficient (Wildman–Crippen LogP) is 1.90. The van der Waals surface area contributed by atoms with Gasteiger partial charge < -0.3 is 4.74 Å². The van der Waals surface area contributed by atoms with Gasteiger partial charge in [-0.15, -0.1) is 0 Å². The molecule has 1 atom stereocenters. The van der Waals surface area contributed by atoms with Crippen LogP contribution in [0.4, 0.5) is 0 Å². The predicted molar refractivity (Wildman–Crippen MR) is 51.4 cm³/mol. The van der Waals surface area contributed by atoms with E-state index in [2.05, 4.69) is 18.7 Å². The molecule has 0 aromatic rings. The molecule has 0 aromatic heterocycles. The van der Waals surface area contributed by atoms with E-state index in [1.165, 1.54) is 25.8 Å². The standard InChI is InChI=1S/C10H21NO/c1-3-5-10-9-11(6-4-2)7-8-12-10/h10H,3-9H2,1-2H3. The van der Waals surface area contributed by atoms with Gasteiger partial charge in [0.15, 0.2) is 0 Å². The highest BCUT2D eigenvalue weighted by molar-refractivity contribution is 4.70. The first-order valence-electron chi connectivity index (χ1n) is 5.20. The van der Waals surface area contributed by atoms with Gasteiger partial charge in [-0.05, 0) is 19.4 Å². The van der Waals surface area contributed by atoms with Gasteiger partial charge in [-0.2, -0.15) is 0 Å². The summed E-state index contributed by atoms with van der Waals surface area (Å²) in [7, 11) is 0. The van der Waals surface area contributed by atoms with Crippen LogP contribution < -0.4 is 0 Å². The highest BCUT2D eigenvalue weighted by Gasteiger charge is 2.18. The number of hydrogen-bond donors (Lipinski definition) is 0. The van der Waals surface area contributed by atoms with Gasteiger partial charge in [-0.3, -0.25) is 4.90 Å². The Morgan fingerprint density at radius 1 is 1.33 bits per heavy atom. The molecule has 0 saturated carbocycles. The Morgan fingerprint density at radius 3 is 2.83 bits per heavy atom. The zero-order valence-corrected chi connectivity index (χ0v) is 8.38. The smallest absolute Gasteiger partial charge is 0.0702 e. The lowest BCUT2D eigenvalue weighted by molar-refractivity contribution is -0.0320. The van der Waals surface area contributed by atoms with Gasteiger partial charge >= 0.3 is 0 Å². The third-order valence-corrected chi connectivity index (χ3v) is 2.37. The quantitative estimate of drug-likeness (QED) is 0.640. The fraction of sp³-hybridized carbons (Fsp3) is 1.00. The summed E-state index contributed by atoms with van der Waals surface area (Å²) in [5.41, 5.74) is 0. The molecule has 0 radical (unpaired) electrons. The van der Waals surface area contributed by atoms with Crippen molar-refractivity contribution in [1.82, 2.24) is 4.90 Å². The van der Waals surface area contributed by atoms with E-state index in [1.807, 2.05) is 0 Å². The maximum Gasteiger partial charge on any atom is 0.0702 e. The number of hydrogen-bond acceptors (Lipinski definition) is 2. The number of rotatable bonds is 4. The van der Waals surface area contributed by atoms with Crippen molar-refractivity contribution in [2.24, 2.45) is 0 Å². The molecule has 2 heteroatoms. The van der Waals surface area contributed by atoms with Crippen molar-refractivity contribution in [3.05, 3.63) is 0 Å². The molecule has 0 aromatic carbocycles. The zero-order chi connectivity index (χ0) is 8.81. The molecule has 1 unspecified atom stereocenters. The molecular weight excluding hydrogens is 150 g/mol. The zero-order valence-electron chi connectivity index (χ0n) is 8.38. The summed E-state index contributed by atoms with van der Waals surface area (Å²) in [5, 5.41) is 0. The highest BCUT2D eigenvalue weighted by Crippen LogP contribution is 2.10. The fourth-order valence-electron chi connectivity index (χ4n) is 1.80. The van der Waals surface area contributed by atoms with Crippen LogP contribution in [0.25, 0.3) is 0 Å². The van der Waals surface area contributed by atoms with E-state index in [-0.39, 0.29) is 0 Å². The second kappa shape index (κ2) is 5.55. The largest absolute Gasteiger partial charge is 0.376 e. The summed E-state index contributed by atoms with van der Waals surface area (Å²) in [6.07, 6.45) is 4.24. The molecular formula is C10H21NO. The molecule has 0 aliphatic carbocycles. The van der Waals surface area contributed by atoms with Crippen LogP contribution >= 0.6 is 0 Å². The maximum absolute atomic E-state index is 5.65. The Bertz CT molecular complexity index is 100.